The monoisotopic (exact) mass is 358 g/mol. The zero-order valence-electron chi connectivity index (χ0n) is 14.3. The number of anilines is 1. The molecule has 2 rings (SSSR count). The molecule has 130 valence electrons. The van der Waals surface area contributed by atoms with Crippen molar-refractivity contribution in [2.75, 3.05) is 17.3 Å². The molecular weight excluding hydrogens is 332 g/mol. The first-order valence-electron chi connectivity index (χ1n) is 8.01. The van der Waals surface area contributed by atoms with Gasteiger partial charge in [0, 0.05) is 17.6 Å². The fourth-order valence-electron chi connectivity index (χ4n) is 2.84. The summed E-state index contributed by atoms with van der Waals surface area (Å²) in [6.07, 6.45) is 4.88. The highest BCUT2D eigenvalue weighted by Crippen LogP contribution is 2.40. The molecule has 23 heavy (non-hydrogen) atoms. The Hall–Kier alpha value is -0.950. The number of hydrogen-bond acceptors (Lipinski definition) is 5. The van der Waals surface area contributed by atoms with Crippen LogP contribution in [0.1, 0.15) is 50.6 Å². The minimum Gasteiger partial charge on any atom is -0.302 e. The van der Waals surface area contributed by atoms with E-state index < -0.39 is 9.84 Å². The van der Waals surface area contributed by atoms with E-state index in [1.807, 2.05) is 0 Å². The predicted molar refractivity (Wildman–Crippen MR) is 94.7 cm³/mol. The van der Waals surface area contributed by atoms with Crippen LogP contribution in [0.4, 0.5) is 5.13 Å². The summed E-state index contributed by atoms with van der Waals surface area (Å²) >= 11 is 1.56. The summed E-state index contributed by atoms with van der Waals surface area (Å²) in [5.74, 6) is 0.531. The lowest BCUT2D eigenvalue weighted by molar-refractivity contribution is -0.116. The van der Waals surface area contributed by atoms with Crippen molar-refractivity contribution in [3.63, 3.8) is 0 Å². The zero-order chi connectivity index (χ0) is 17.3. The Morgan fingerprint density at radius 2 is 2.09 bits per heavy atom. The lowest BCUT2D eigenvalue weighted by atomic mass is 9.73. The molecule has 0 fully saturated rings. The Labute approximate surface area is 142 Å². The van der Waals surface area contributed by atoms with E-state index in [4.69, 9.17) is 0 Å². The van der Waals surface area contributed by atoms with Gasteiger partial charge in [0.2, 0.25) is 5.91 Å². The molecule has 1 aromatic heterocycles. The number of carbonyl (C=O) groups excluding carboxylic acids is 1. The van der Waals surface area contributed by atoms with Gasteiger partial charge < -0.3 is 5.32 Å². The van der Waals surface area contributed by atoms with Crippen LogP contribution in [0.2, 0.25) is 0 Å². The van der Waals surface area contributed by atoms with Crippen LogP contribution in [-0.4, -0.2) is 31.3 Å². The van der Waals surface area contributed by atoms with Crippen LogP contribution in [0.5, 0.6) is 0 Å². The van der Waals surface area contributed by atoms with Crippen molar-refractivity contribution >= 4 is 32.2 Å². The number of rotatable bonds is 5. The quantitative estimate of drug-likeness (QED) is 0.878. The first-order chi connectivity index (χ1) is 10.5. The van der Waals surface area contributed by atoms with Gasteiger partial charge in [0.25, 0.3) is 0 Å². The molecule has 1 heterocycles. The number of nitrogens with zero attached hydrogens (tertiary/aromatic N) is 1. The molecule has 0 saturated carbocycles. The highest BCUT2D eigenvalue weighted by Gasteiger charge is 2.30. The number of hydrogen-bond donors (Lipinski definition) is 1. The number of thiazole rings is 1. The Balaban J connectivity index is 1.91. The average molecular weight is 359 g/mol. The number of aryl methyl sites for hydroxylation is 1. The average Bonchev–Trinajstić information content (AvgIpc) is 2.76. The third kappa shape index (κ3) is 5.57. The molecule has 1 atom stereocenters. The summed E-state index contributed by atoms with van der Waals surface area (Å²) in [5.41, 5.74) is 1.40. The van der Waals surface area contributed by atoms with Crippen LogP contribution in [0.25, 0.3) is 0 Å². The van der Waals surface area contributed by atoms with Gasteiger partial charge in [-0.3, -0.25) is 4.79 Å². The number of amides is 1. The van der Waals surface area contributed by atoms with E-state index in [0.29, 0.717) is 17.5 Å². The van der Waals surface area contributed by atoms with Gasteiger partial charge >= 0.3 is 0 Å². The van der Waals surface area contributed by atoms with Crippen molar-refractivity contribution in [1.29, 1.82) is 0 Å². The summed E-state index contributed by atoms with van der Waals surface area (Å²) in [6.45, 7) is 6.82. The van der Waals surface area contributed by atoms with Crippen molar-refractivity contribution in [1.82, 2.24) is 4.98 Å². The minimum absolute atomic E-state index is 0.0437. The molecule has 0 aromatic carbocycles. The molecule has 5 nitrogen and oxygen atoms in total. The van der Waals surface area contributed by atoms with Crippen LogP contribution in [0.15, 0.2) is 0 Å². The van der Waals surface area contributed by atoms with Crippen LogP contribution < -0.4 is 5.32 Å². The van der Waals surface area contributed by atoms with Crippen molar-refractivity contribution in [2.45, 2.75) is 52.9 Å². The molecular formula is C16H26N2O3S2. The number of sulfone groups is 1. The maximum atomic E-state index is 11.9. The fourth-order valence-corrected chi connectivity index (χ4v) is 4.62. The second kappa shape index (κ2) is 6.89. The molecule has 1 N–H and O–H groups in total. The van der Waals surface area contributed by atoms with Gasteiger partial charge in [-0.1, -0.05) is 20.8 Å². The van der Waals surface area contributed by atoms with Crippen LogP contribution >= 0.6 is 11.3 Å². The van der Waals surface area contributed by atoms with E-state index in [2.05, 4.69) is 31.1 Å². The molecule has 0 aliphatic heterocycles. The van der Waals surface area contributed by atoms with Crippen LogP contribution in [0, 0.1) is 11.3 Å². The molecule has 0 saturated heterocycles. The summed E-state index contributed by atoms with van der Waals surface area (Å²) < 4.78 is 22.1. The Morgan fingerprint density at radius 1 is 1.39 bits per heavy atom. The summed E-state index contributed by atoms with van der Waals surface area (Å²) in [4.78, 5) is 17.7. The van der Waals surface area contributed by atoms with Crippen LogP contribution in [-0.2, 0) is 27.5 Å². The standard InChI is InChI=1S/C16H26N2O3S2/c1-16(2,3)11-7-8-12-13(10-11)22-15(17-12)18-14(19)6-5-9-23(4,20)21/h11H,5-10H2,1-4H3,(H,17,18,19). The molecule has 1 unspecified atom stereocenters. The van der Waals surface area contributed by atoms with Crippen molar-refractivity contribution in [3.8, 4) is 0 Å². The van der Waals surface area contributed by atoms with E-state index in [0.717, 1.165) is 25.0 Å². The molecule has 1 aliphatic rings. The van der Waals surface area contributed by atoms with Gasteiger partial charge in [-0.2, -0.15) is 0 Å². The summed E-state index contributed by atoms with van der Waals surface area (Å²) in [7, 11) is -3.01. The van der Waals surface area contributed by atoms with Gasteiger partial charge in [0.1, 0.15) is 9.84 Å². The summed E-state index contributed by atoms with van der Waals surface area (Å²) in [6, 6.07) is 0. The molecule has 1 aliphatic carbocycles. The van der Waals surface area contributed by atoms with Gasteiger partial charge in [0.05, 0.1) is 11.4 Å². The maximum absolute atomic E-state index is 11.9. The van der Waals surface area contributed by atoms with Crippen LogP contribution in [0.3, 0.4) is 0 Å². The normalized spacial score (nSPS) is 18.5. The van der Waals surface area contributed by atoms with Gasteiger partial charge in [-0.15, -0.1) is 11.3 Å². The van der Waals surface area contributed by atoms with Gasteiger partial charge in [-0.05, 0) is 37.0 Å². The number of aromatic nitrogens is 1. The first-order valence-corrected chi connectivity index (χ1v) is 10.9. The smallest absolute Gasteiger partial charge is 0.226 e. The van der Waals surface area contributed by atoms with Crippen molar-refractivity contribution < 1.29 is 13.2 Å². The topological polar surface area (TPSA) is 76.1 Å². The Morgan fingerprint density at radius 3 is 2.70 bits per heavy atom. The number of carbonyl (C=O) groups is 1. The maximum Gasteiger partial charge on any atom is 0.226 e. The Kier molecular flexibility index (Phi) is 5.51. The SMILES string of the molecule is CC(C)(C)C1CCc2nc(NC(=O)CCCS(C)(=O)=O)sc2C1. The van der Waals surface area contributed by atoms with Crippen molar-refractivity contribution in [2.24, 2.45) is 11.3 Å². The molecule has 0 spiro atoms. The highest BCUT2D eigenvalue weighted by molar-refractivity contribution is 7.90. The molecule has 1 aromatic rings. The van der Waals surface area contributed by atoms with E-state index in [9.17, 15) is 13.2 Å². The van der Waals surface area contributed by atoms with Crippen molar-refractivity contribution in [3.05, 3.63) is 10.6 Å². The second-order valence-corrected chi connectivity index (χ2v) is 10.8. The van der Waals surface area contributed by atoms with Gasteiger partial charge in [-0.25, -0.2) is 13.4 Å². The molecule has 0 radical (unpaired) electrons. The zero-order valence-corrected chi connectivity index (χ0v) is 15.9. The lowest BCUT2D eigenvalue weighted by Gasteiger charge is -2.33. The lowest BCUT2D eigenvalue weighted by Crippen LogP contribution is -2.26. The highest BCUT2D eigenvalue weighted by atomic mass is 32.2. The first kappa shape index (κ1) is 18.4. The Bertz CT molecular complexity index is 672. The molecule has 1 amide bonds. The van der Waals surface area contributed by atoms with E-state index in [1.165, 1.54) is 11.1 Å². The van der Waals surface area contributed by atoms with E-state index >= 15 is 0 Å². The third-order valence-electron chi connectivity index (χ3n) is 4.33. The van der Waals surface area contributed by atoms with E-state index in [1.54, 1.807) is 11.3 Å². The minimum atomic E-state index is -3.01. The third-order valence-corrected chi connectivity index (χ3v) is 6.40. The van der Waals surface area contributed by atoms with E-state index in [-0.39, 0.29) is 23.5 Å². The second-order valence-electron chi connectivity index (χ2n) is 7.48. The fraction of sp³-hybridized carbons (Fsp3) is 0.750. The number of nitrogens with one attached hydrogen (secondary N) is 1. The summed E-state index contributed by atoms with van der Waals surface area (Å²) in [5, 5.41) is 3.46. The predicted octanol–water partition coefficient (Wildman–Crippen LogP) is 3.06. The van der Waals surface area contributed by atoms with Gasteiger partial charge in [0.15, 0.2) is 5.13 Å². The molecule has 0 bridgehead atoms. The largest absolute Gasteiger partial charge is 0.302 e. The molecule has 7 heteroatoms. The number of fused-ring (bicyclic) bond motifs is 1.